The summed E-state index contributed by atoms with van der Waals surface area (Å²) in [5.41, 5.74) is -0.741. The summed E-state index contributed by atoms with van der Waals surface area (Å²) in [6.45, 7) is 1.56. The van der Waals surface area contributed by atoms with Crippen LogP contribution >= 0.6 is 11.6 Å². The van der Waals surface area contributed by atoms with Crippen LogP contribution in [0.2, 0.25) is 5.02 Å². The molecule has 0 spiro atoms. The van der Waals surface area contributed by atoms with E-state index in [1.54, 1.807) is 6.92 Å². The van der Waals surface area contributed by atoms with Gasteiger partial charge in [-0.25, -0.2) is 0 Å². The van der Waals surface area contributed by atoms with Gasteiger partial charge in [-0.3, -0.25) is 0 Å². The largest absolute Gasteiger partial charge is 0.416 e. The highest BCUT2D eigenvalue weighted by molar-refractivity contribution is 6.33. The van der Waals surface area contributed by atoms with E-state index in [0.29, 0.717) is 5.82 Å². The summed E-state index contributed by atoms with van der Waals surface area (Å²) in [5.74, 6) is 0.298. The molecule has 2 rings (SSSR count). The molecule has 3 nitrogen and oxygen atoms in total. The maximum Gasteiger partial charge on any atom is 0.416 e. The zero-order valence-electron chi connectivity index (χ0n) is 8.55. The molecule has 0 unspecified atom stereocenters. The number of aryl methyl sites for hydroxylation is 1. The Labute approximate surface area is 99.2 Å². The van der Waals surface area contributed by atoms with Gasteiger partial charge in [0.1, 0.15) is 0 Å². The maximum atomic E-state index is 12.5. The number of alkyl halides is 3. The highest BCUT2D eigenvalue weighted by atomic mass is 35.5. The van der Waals surface area contributed by atoms with E-state index in [1.807, 2.05) is 0 Å². The fourth-order valence-electron chi connectivity index (χ4n) is 1.27. The topological polar surface area (TPSA) is 38.9 Å². The standard InChI is InChI=1S/C10H6ClF3N2O/c1-5-15-9(17-16-5)7-4-6(10(12,13)14)2-3-8(7)11/h2-4H,1H3. The Bertz CT molecular complexity index is 551. The second kappa shape index (κ2) is 4.03. The third kappa shape index (κ3) is 2.41. The minimum Gasteiger partial charge on any atom is -0.334 e. The summed E-state index contributed by atoms with van der Waals surface area (Å²) in [7, 11) is 0. The SMILES string of the molecule is Cc1noc(-c2cc(C(F)(F)F)ccc2Cl)n1. The Hall–Kier alpha value is -1.56. The van der Waals surface area contributed by atoms with E-state index in [2.05, 4.69) is 10.1 Å². The average Bonchev–Trinajstić information content (AvgIpc) is 2.63. The molecule has 0 fully saturated rings. The summed E-state index contributed by atoms with van der Waals surface area (Å²) in [6, 6.07) is 2.93. The van der Waals surface area contributed by atoms with E-state index in [-0.39, 0.29) is 16.5 Å². The van der Waals surface area contributed by atoms with Crippen LogP contribution in [0.25, 0.3) is 11.5 Å². The molecule has 17 heavy (non-hydrogen) atoms. The van der Waals surface area contributed by atoms with Crippen molar-refractivity contribution in [2.24, 2.45) is 0 Å². The fourth-order valence-corrected chi connectivity index (χ4v) is 1.47. The molecular formula is C10H6ClF3N2O. The molecule has 0 atom stereocenters. The zero-order valence-corrected chi connectivity index (χ0v) is 9.30. The third-order valence-electron chi connectivity index (χ3n) is 2.05. The van der Waals surface area contributed by atoms with Gasteiger partial charge in [0.25, 0.3) is 5.89 Å². The molecule has 0 radical (unpaired) electrons. The summed E-state index contributed by atoms with van der Waals surface area (Å²) >= 11 is 5.79. The van der Waals surface area contributed by atoms with Crippen LogP contribution in [0.5, 0.6) is 0 Å². The summed E-state index contributed by atoms with van der Waals surface area (Å²) < 4.78 is 42.3. The molecule has 1 aromatic carbocycles. The van der Waals surface area contributed by atoms with Crippen LogP contribution in [0.4, 0.5) is 13.2 Å². The molecule has 7 heteroatoms. The third-order valence-corrected chi connectivity index (χ3v) is 2.38. The molecule has 0 aliphatic rings. The van der Waals surface area contributed by atoms with Crippen LogP contribution in [0.1, 0.15) is 11.4 Å². The smallest absolute Gasteiger partial charge is 0.334 e. The van der Waals surface area contributed by atoms with Crippen molar-refractivity contribution in [3.05, 3.63) is 34.6 Å². The first-order valence-electron chi connectivity index (χ1n) is 4.55. The van der Waals surface area contributed by atoms with Gasteiger partial charge < -0.3 is 4.52 Å². The normalized spacial score (nSPS) is 11.8. The van der Waals surface area contributed by atoms with Crippen LogP contribution < -0.4 is 0 Å². The summed E-state index contributed by atoms with van der Waals surface area (Å²) in [6.07, 6.45) is -4.44. The molecule has 1 heterocycles. The van der Waals surface area contributed by atoms with Crippen LogP contribution in [0.15, 0.2) is 22.7 Å². The quantitative estimate of drug-likeness (QED) is 0.786. The van der Waals surface area contributed by atoms with Crippen LogP contribution in [0.3, 0.4) is 0 Å². The minimum atomic E-state index is -4.44. The van der Waals surface area contributed by atoms with Crippen molar-refractivity contribution in [2.45, 2.75) is 13.1 Å². The summed E-state index contributed by atoms with van der Waals surface area (Å²) in [4.78, 5) is 3.84. The molecule has 0 saturated heterocycles. The Morgan fingerprint density at radius 1 is 1.29 bits per heavy atom. The van der Waals surface area contributed by atoms with Gasteiger partial charge in [-0.05, 0) is 25.1 Å². The van der Waals surface area contributed by atoms with Gasteiger partial charge in [0.2, 0.25) is 0 Å². The molecule has 0 saturated carbocycles. The van der Waals surface area contributed by atoms with Crippen molar-refractivity contribution < 1.29 is 17.7 Å². The monoisotopic (exact) mass is 262 g/mol. The van der Waals surface area contributed by atoms with E-state index >= 15 is 0 Å². The highest BCUT2D eigenvalue weighted by Gasteiger charge is 2.31. The number of nitrogens with zero attached hydrogens (tertiary/aromatic N) is 2. The predicted octanol–water partition coefficient (Wildman–Crippen LogP) is 3.72. The first-order valence-corrected chi connectivity index (χ1v) is 4.93. The van der Waals surface area contributed by atoms with Crippen molar-refractivity contribution in [1.29, 1.82) is 0 Å². The second-order valence-corrected chi connectivity index (χ2v) is 3.75. The molecule has 90 valence electrons. The Morgan fingerprint density at radius 3 is 2.53 bits per heavy atom. The lowest BCUT2D eigenvalue weighted by Gasteiger charge is -2.08. The van der Waals surface area contributed by atoms with E-state index < -0.39 is 11.7 Å². The lowest BCUT2D eigenvalue weighted by atomic mass is 10.1. The van der Waals surface area contributed by atoms with Gasteiger partial charge in [-0.1, -0.05) is 16.8 Å². The molecule has 2 aromatic rings. The minimum absolute atomic E-state index is 0.0291. The second-order valence-electron chi connectivity index (χ2n) is 3.34. The number of aromatic nitrogens is 2. The number of rotatable bonds is 1. The maximum absolute atomic E-state index is 12.5. The Kier molecular flexibility index (Phi) is 2.82. The van der Waals surface area contributed by atoms with Crippen molar-refractivity contribution in [3.8, 4) is 11.5 Å². The van der Waals surface area contributed by atoms with Crippen molar-refractivity contribution in [1.82, 2.24) is 10.1 Å². The van der Waals surface area contributed by atoms with Gasteiger partial charge in [-0.15, -0.1) is 0 Å². The molecule has 0 bridgehead atoms. The Balaban J connectivity index is 2.54. The first kappa shape index (κ1) is 11.9. The molecule has 0 aliphatic carbocycles. The predicted molar refractivity (Wildman–Crippen MR) is 54.5 cm³/mol. The molecule has 0 aliphatic heterocycles. The van der Waals surface area contributed by atoms with E-state index in [4.69, 9.17) is 16.1 Å². The zero-order chi connectivity index (χ0) is 12.6. The molecule has 0 amide bonds. The van der Waals surface area contributed by atoms with Gasteiger partial charge in [0, 0.05) is 0 Å². The van der Waals surface area contributed by atoms with E-state index in [1.165, 1.54) is 0 Å². The Morgan fingerprint density at radius 2 is 2.00 bits per heavy atom. The van der Waals surface area contributed by atoms with Crippen LogP contribution in [-0.2, 0) is 6.18 Å². The van der Waals surface area contributed by atoms with Gasteiger partial charge in [-0.2, -0.15) is 18.2 Å². The number of benzene rings is 1. The first-order chi connectivity index (χ1) is 7.88. The van der Waals surface area contributed by atoms with E-state index in [0.717, 1.165) is 18.2 Å². The van der Waals surface area contributed by atoms with Crippen LogP contribution in [0, 0.1) is 6.92 Å². The van der Waals surface area contributed by atoms with E-state index in [9.17, 15) is 13.2 Å². The number of hydrogen-bond acceptors (Lipinski definition) is 3. The van der Waals surface area contributed by atoms with Gasteiger partial charge in [0.15, 0.2) is 5.82 Å². The van der Waals surface area contributed by atoms with Crippen molar-refractivity contribution in [2.75, 3.05) is 0 Å². The number of halogens is 4. The van der Waals surface area contributed by atoms with Crippen molar-refractivity contribution in [3.63, 3.8) is 0 Å². The van der Waals surface area contributed by atoms with Crippen molar-refractivity contribution >= 4 is 11.6 Å². The summed E-state index contributed by atoms with van der Waals surface area (Å²) in [5, 5.41) is 3.63. The van der Waals surface area contributed by atoms with Gasteiger partial charge in [0.05, 0.1) is 16.1 Å². The average molecular weight is 263 g/mol. The highest BCUT2D eigenvalue weighted by Crippen LogP contribution is 2.35. The fraction of sp³-hybridized carbons (Fsp3) is 0.200. The van der Waals surface area contributed by atoms with Gasteiger partial charge >= 0.3 is 6.18 Å². The van der Waals surface area contributed by atoms with Crippen LogP contribution in [-0.4, -0.2) is 10.1 Å². The lowest BCUT2D eigenvalue weighted by Crippen LogP contribution is -2.04. The molecule has 0 N–H and O–H groups in total. The molecule has 1 aromatic heterocycles. The lowest BCUT2D eigenvalue weighted by molar-refractivity contribution is -0.137. The molecular weight excluding hydrogens is 257 g/mol. The number of hydrogen-bond donors (Lipinski definition) is 0.